The van der Waals surface area contributed by atoms with Crippen molar-refractivity contribution in [2.45, 2.75) is 33.6 Å². The van der Waals surface area contributed by atoms with Crippen LogP contribution in [0.2, 0.25) is 0 Å². The number of para-hydroxylation sites is 1. The zero-order valence-electron chi connectivity index (χ0n) is 16.4. The quantitative estimate of drug-likeness (QED) is 0.352. The number of aryl methyl sites for hydroxylation is 2. The van der Waals surface area contributed by atoms with Gasteiger partial charge in [0.05, 0.1) is 16.8 Å². The highest BCUT2D eigenvalue weighted by atomic mass is 16.3. The van der Waals surface area contributed by atoms with E-state index in [1.54, 1.807) is 4.68 Å². The monoisotopic (exact) mass is 372 g/mol. The van der Waals surface area contributed by atoms with Gasteiger partial charge in [-0.2, -0.15) is 5.10 Å². The average Bonchev–Trinajstić information content (AvgIpc) is 3.04. The van der Waals surface area contributed by atoms with Crippen molar-refractivity contribution >= 4 is 21.7 Å². The molecule has 4 nitrogen and oxygen atoms in total. The van der Waals surface area contributed by atoms with E-state index in [1.165, 1.54) is 5.57 Å². The molecule has 142 valence electrons. The highest BCUT2D eigenvalue weighted by Gasteiger charge is 2.21. The van der Waals surface area contributed by atoms with Crippen molar-refractivity contribution in [1.29, 1.82) is 0 Å². The molecule has 0 radical (unpaired) electrons. The fourth-order valence-electron chi connectivity index (χ4n) is 3.72. The van der Waals surface area contributed by atoms with Crippen LogP contribution in [0, 0.1) is 6.92 Å². The van der Waals surface area contributed by atoms with E-state index in [2.05, 4.69) is 25.0 Å². The Kier molecular flexibility index (Phi) is 4.55. The van der Waals surface area contributed by atoms with Crippen molar-refractivity contribution in [1.82, 2.24) is 9.78 Å². The third kappa shape index (κ3) is 3.01. The van der Waals surface area contributed by atoms with Crippen LogP contribution < -0.4 is 0 Å². The van der Waals surface area contributed by atoms with E-state index in [0.29, 0.717) is 27.4 Å². The summed E-state index contributed by atoms with van der Waals surface area (Å²) in [5, 5.41) is 28.6. The van der Waals surface area contributed by atoms with Gasteiger partial charge in [-0.3, -0.25) is 0 Å². The molecule has 0 atom stereocenters. The first-order valence-electron chi connectivity index (χ1n) is 9.52. The van der Waals surface area contributed by atoms with Crippen molar-refractivity contribution in [2.24, 2.45) is 0 Å². The summed E-state index contributed by atoms with van der Waals surface area (Å²) in [6, 6.07) is 15.5. The molecule has 0 amide bonds. The van der Waals surface area contributed by atoms with Crippen molar-refractivity contribution in [2.75, 3.05) is 0 Å². The fraction of sp³-hybridized carbons (Fsp3) is 0.208. The number of aromatic hydroxyl groups is 2. The molecule has 3 aromatic carbocycles. The number of hydrogen-bond acceptors (Lipinski definition) is 3. The maximum absolute atomic E-state index is 11.1. The molecule has 0 unspecified atom stereocenters. The molecule has 4 aromatic rings. The lowest BCUT2D eigenvalue weighted by atomic mass is 9.99. The minimum Gasteiger partial charge on any atom is -0.507 e. The van der Waals surface area contributed by atoms with Gasteiger partial charge in [0.25, 0.3) is 0 Å². The first-order valence-corrected chi connectivity index (χ1v) is 9.52. The number of phenolic OH excluding ortho intramolecular Hbond substituents is 2. The van der Waals surface area contributed by atoms with E-state index in [1.807, 2.05) is 55.5 Å². The van der Waals surface area contributed by atoms with E-state index in [-0.39, 0.29) is 11.5 Å². The second kappa shape index (κ2) is 7.04. The van der Waals surface area contributed by atoms with Crippen LogP contribution in [0.1, 0.15) is 31.5 Å². The molecule has 1 aromatic heterocycles. The van der Waals surface area contributed by atoms with Gasteiger partial charge in [0.1, 0.15) is 17.0 Å². The van der Waals surface area contributed by atoms with Crippen LogP contribution in [0.3, 0.4) is 0 Å². The third-order valence-electron chi connectivity index (χ3n) is 5.10. The molecule has 0 aliphatic heterocycles. The largest absolute Gasteiger partial charge is 0.507 e. The van der Waals surface area contributed by atoms with Gasteiger partial charge < -0.3 is 10.2 Å². The van der Waals surface area contributed by atoms with E-state index in [9.17, 15) is 10.2 Å². The Balaban J connectivity index is 1.95. The molecule has 1 heterocycles. The van der Waals surface area contributed by atoms with Crippen molar-refractivity contribution in [3.63, 3.8) is 0 Å². The van der Waals surface area contributed by atoms with Crippen LogP contribution in [0.15, 0.2) is 60.2 Å². The number of rotatable bonds is 4. The van der Waals surface area contributed by atoms with E-state index in [0.717, 1.165) is 24.1 Å². The van der Waals surface area contributed by atoms with E-state index >= 15 is 0 Å². The van der Waals surface area contributed by atoms with Crippen LogP contribution in [-0.4, -0.2) is 20.0 Å². The van der Waals surface area contributed by atoms with Crippen LogP contribution in [0.5, 0.6) is 11.5 Å². The Bertz CT molecular complexity index is 1200. The molecule has 4 rings (SSSR count). The Morgan fingerprint density at radius 2 is 1.75 bits per heavy atom. The van der Waals surface area contributed by atoms with Gasteiger partial charge in [-0.05, 0) is 57.4 Å². The lowest BCUT2D eigenvalue weighted by Crippen LogP contribution is -1.96. The summed E-state index contributed by atoms with van der Waals surface area (Å²) in [5.74, 6) is 0.314. The normalized spacial score (nSPS) is 11.2. The first kappa shape index (κ1) is 18.1. The maximum atomic E-state index is 11.1. The lowest BCUT2D eigenvalue weighted by molar-refractivity contribution is 0.477. The molecular weight excluding hydrogens is 348 g/mol. The van der Waals surface area contributed by atoms with Crippen molar-refractivity contribution in [3.05, 3.63) is 71.4 Å². The maximum Gasteiger partial charge on any atom is 0.150 e. The molecule has 0 aliphatic carbocycles. The van der Waals surface area contributed by atoms with Crippen molar-refractivity contribution in [3.8, 4) is 17.2 Å². The number of nitrogens with zero attached hydrogens (tertiary/aromatic N) is 2. The number of fused-ring (bicyclic) bond motifs is 2. The average molecular weight is 372 g/mol. The van der Waals surface area contributed by atoms with E-state index in [4.69, 9.17) is 0 Å². The molecule has 0 saturated heterocycles. The summed E-state index contributed by atoms with van der Waals surface area (Å²) < 4.78 is 1.70. The van der Waals surface area contributed by atoms with Crippen LogP contribution >= 0.6 is 0 Å². The molecule has 4 heteroatoms. The molecule has 0 bridgehead atoms. The van der Waals surface area contributed by atoms with Gasteiger partial charge in [-0.25, -0.2) is 4.68 Å². The van der Waals surface area contributed by atoms with Gasteiger partial charge in [-0.1, -0.05) is 42.0 Å². The predicted molar refractivity (Wildman–Crippen MR) is 114 cm³/mol. The topological polar surface area (TPSA) is 58.3 Å². The Labute approximate surface area is 164 Å². The van der Waals surface area contributed by atoms with Gasteiger partial charge in [-0.15, -0.1) is 0 Å². The number of phenols is 2. The van der Waals surface area contributed by atoms with Gasteiger partial charge in [0, 0.05) is 10.8 Å². The Hall–Kier alpha value is -3.27. The first-order chi connectivity index (χ1) is 13.5. The molecule has 0 aliphatic rings. The molecule has 0 fully saturated rings. The van der Waals surface area contributed by atoms with Crippen molar-refractivity contribution < 1.29 is 10.2 Å². The molecule has 2 N–H and O–H groups in total. The molecule has 0 saturated carbocycles. The number of allylic oxidation sites excluding steroid dienone is 2. The highest BCUT2D eigenvalue weighted by molar-refractivity contribution is 6.10. The second-order valence-electron chi connectivity index (χ2n) is 7.45. The zero-order valence-corrected chi connectivity index (χ0v) is 16.4. The predicted octanol–water partition coefficient (Wildman–Crippen LogP) is 5.80. The summed E-state index contributed by atoms with van der Waals surface area (Å²) in [6.07, 6.45) is 4.04. The lowest BCUT2D eigenvalue weighted by Gasteiger charge is -2.11. The number of hydrogen-bond donors (Lipinski definition) is 2. The minimum atomic E-state index is 0.149. The second-order valence-corrected chi connectivity index (χ2v) is 7.45. The van der Waals surface area contributed by atoms with Gasteiger partial charge >= 0.3 is 0 Å². The highest BCUT2D eigenvalue weighted by Crippen LogP contribution is 2.43. The Morgan fingerprint density at radius 1 is 1.00 bits per heavy atom. The summed E-state index contributed by atoms with van der Waals surface area (Å²) in [5.41, 5.74) is 4.48. The smallest absolute Gasteiger partial charge is 0.150 e. The Morgan fingerprint density at radius 3 is 2.46 bits per heavy atom. The van der Waals surface area contributed by atoms with Crippen LogP contribution in [-0.2, 0) is 6.42 Å². The SMILES string of the molecule is CC(C)=CCCc1ccc2c(O)c3c(C)nn(-c4ccccc4)c3c(O)c2c1. The minimum absolute atomic E-state index is 0.149. The number of aromatic nitrogens is 2. The molecular formula is C24H24N2O2. The summed E-state index contributed by atoms with van der Waals surface area (Å²) >= 11 is 0. The van der Waals surface area contributed by atoms with Gasteiger partial charge in [0.15, 0.2) is 0 Å². The molecule has 28 heavy (non-hydrogen) atoms. The standard InChI is InChI=1S/C24H24N2O2/c1-15(2)8-7-9-17-12-13-19-20(14-17)24(28)22-21(23(19)27)16(3)25-26(22)18-10-5-4-6-11-18/h4-6,8,10-14,27-28H,7,9H2,1-3H3. The van der Waals surface area contributed by atoms with Crippen LogP contribution in [0.25, 0.3) is 27.4 Å². The zero-order chi connectivity index (χ0) is 19.8. The summed E-state index contributed by atoms with van der Waals surface area (Å²) in [7, 11) is 0. The third-order valence-corrected chi connectivity index (χ3v) is 5.10. The fourth-order valence-corrected chi connectivity index (χ4v) is 3.72. The van der Waals surface area contributed by atoms with E-state index < -0.39 is 0 Å². The van der Waals surface area contributed by atoms with Gasteiger partial charge in [0.2, 0.25) is 0 Å². The summed E-state index contributed by atoms with van der Waals surface area (Å²) in [6.45, 7) is 6.03. The van der Waals surface area contributed by atoms with Crippen LogP contribution in [0.4, 0.5) is 0 Å². The summed E-state index contributed by atoms with van der Waals surface area (Å²) in [4.78, 5) is 0. The number of benzene rings is 3. The molecule has 0 spiro atoms.